The lowest BCUT2D eigenvalue weighted by Crippen LogP contribution is -2.53. The molecule has 0 radical (unpaired) electrons. The van der Waals surface area contributed by atoms with E-state index in [0.717, 1.165) is 55.0 Å². The van der Waals surface area contributed by atoms with Gasteiger partial charge in [-0.2, -0.15) is 0 Å². The van der Waals surface area contributed by atoms with Gasteiger partial charge in [0.15, 0.2) is 5.17 Å². The Bertz CT molecular complexity index is 910. The number of fused-ring (bicyclic) bond motifs is 3. The van der Waals surface area contributed by atoms with E-state index in [9.17, 15) is 0 Å². The van der Waals surface area contributed by atoms with Crippen LogP contribution >= 0.6 is 11.8 Å². The Morgan fingerprint density at radius 2 is 1.93 bits per heavy atom. The van der Waals surface area contributed by atoms with Gasteiger partial charge in [-0.1, -0.05) is 54.2 Å². The number of amidine groups is 2. The summed E-state index contributed by atoms with van der Waals surface area (Å²) in [5, 5.41) is 4.63. The number of nitrogens with one attached hydrogen (secondary N) is 1. The number of para-hydroxylation sites is 1. The van der Waals surface area contributed by atoms with Gasteiger partial charge in [0.1, 0.15) is 5.84 Å². The van der Waals surface area contributed by atoms with Crippen molar-refractivity contribution in [3.8, 4) is 0 Å². The van der Waals surface area contributed by atoms with Crippen molar-refractivity contribution in [2.24, 2.45) is 9.98 Å². The van der Waals surface area contributed by atoms with E-state index in [2.05, 4.69) is 69.9 Å². The van der Waals surface area contributed by atoms with Gasteiger partial charge in [-0.15, -0.1) is 0 Å². The quantitative estimate of drug-likeness (QED) is 0.873. The van der Waals surface area contributed by atoms with Gasteiger partial charge in [-0.05, 0) is 24.0 Å². The fourth-order valence-corrected chi connectivity index (χ4v) is 5.05. The van der Waals surface area contributed by atoms with Crippen LogP contribution in [0.25, 0.3) is 0 Å². The molecule has 3 aliphatic heterocycles. The Morgan fingerprint density at radius 3 is 2.79 bits per heavy atom. The second-order valence-electron chi connectivity index (χ2n) is 7.43. The summed E-state index contributed by atoms with van der Waals surface area (Å²) >= 11 is 1.71. The third kappa shape index (κ3) is 3.15. The number of benzene rings is 2. The number of aliphatic imine (C=N–C) groups is 2. The van der Waals surface area contributed by atoms with Crippen LogP contribution in [0.4, 0.5) is 5.69 Å². The highest BCUT2D eigenvalue weighted by molar-refractivity contribution is 8.13. The number of nitrogens with zero attached hydrogens (tertiary/aromatic N) is 4. The first kappa shape index (κ1) is 17.9. The zero-order valence-corrected chi connectivity index (χ0v) is 16.9. The topological polar surface area (TPSA) is 43.2 Å². The lowest BCUT2D eigenvalue weighted by atomic mass is 10.0. The van der Waals surface area contributed by atoms with E-state index in [0.29, 0.717) is 12.1 Å². The van der Waals surface area contributed by atoms with Crippen LogP contribution in [0, 0.1) is 0 Å². The minimum Gasteiger partial charge on any atom is -0.314 e. The van der Waals surface area contributed by atoms with Gasteiger partial charge in [0.25, 0.3) is 0 Å². The van der Waals surface area contributed by atoms with Crippen LogP contribution in [0.5, 0.6) is 0 Å². The lowest BCUT2D eigenvalue weighted by molar-refractivity contribution is 0.141. The molecule has 6 heteroatoms. The fourth-order valence-electron chi connectivity index (χ4n) is 4.42. The van der Waals surface area contributed by atoms with Crippen LogP contribution in [0.15, 0.2) is 64.6 Å². The molecule has 3 aliphatic rings. The van der Waals surface area contributed by atoms with Crippen molar-refractivity contribution in [1.29, 1.82) is 0 Å². The molecule has 0 aromatic heterocycles. The number of thioether (sulfide) groups is 1. The van der Waals surface area contributed by atoms with Gasteiger partial charge in [-0.25, -0.2) is 4.99 Å². The molecule has 2 aromatic carbocycles. The van der Waals surface area contributed by atoms with Crippen LogP contribution in [0.1, 0.15) is 17.2 Å². The molecule has 2 aromatic rings. The second kappa shape index (κ2) is 7.70. The average Bonchev–Trinajstić information content (AvgIpc) is 3.18. The standard InChI is InChI=1S/C22H25N5S/c1-28-22-25-19-10-6-5-9-18(19)21-24-13-17(27(21)22)15-26-12-11-23-14-20(26)16-7-3-2-4-8-16/h2-10,17,20,23H,11-15H2,1H3. The van der Waals surface area contributed by atoms with Crippen molar-refractivity contribution in [3.05, 3.63) is 65.7 Å². The van der Waals surface area contributed by atoms with E-state index >= 15 is 0 Å². The first-order chi connectivity index (χ1) is 13.8. The third-order valence-corrected chi connectivity index (χ3v) is 6.43. The Morgan fingerprint density at radius 1 is 1.11 bits per heavy atom. The van der Waals surface area contributed by atoms with Crippen LogP contribution in [0.3, 0.4) is 0 Å². The summed E-state index contributed by atoms with van der Waals surface area (Å²) in [6.45, 7) is 4.92. The van der Waals surface area contributed by atoms with Crippen molar-refractivity contribution in [2.75, 3.05) is 39.0 Å². The monoisotopic (exact) mass is 391 g/mol. The highest BCUT2D eigenvalue weighted by Crippen LogP contribution is 2.34. The Labute approximate surface area is 170 Å². The summed E-state index contributed by atoms with van der Waals surface area (Å²) in [7, 11) is 0. The summed E-state index contributed by atoms with van der Waals surface area (Å²) < 4.78 is 0. The van der Waals surface area contributed by atoms with Gasteiger partial charge in [0.2, 0.25) is 0 Å². The minimum atomic E-state index is 0.332. The van der Waals surface area contributed by atoms with E-state index in [4.69, 9.17) is 9.98 Å². The van der Waals surface area contributed by atoms with Gasteiger partial charge in [0.05, 0.1) is 18.3 Å². The van der Waals surface area contributed by atoms with Crippen molar-refractivity contribution in [2.45, 2.75) is 12.1 Å². The van der Waals surface area contributed by atoms with Crippen LogP contribution in [-0.4, -0.2) is 65.8 Å². The first-order valence-corrected chi connectivity index (χ1v) is 11.1. The van der Waals surface area contributed by atoms with Crippen LogP contribution in [-0.2, 0) is 0 Å². The SMILES string of the molecule is CSC1=Nc2ccccc2C2=NCC(CN3CCNCC3c3ccccc3)N12. The molecule has 0 saturated carbocycles. The predicted octanol–water partition coefficient (Wildman–Crippen LogP) is 3.13. The smallest absolute Gasteiger partial charge is 0.170 e. The molecule has 5 rings (SSSR count). The summed E-state index contributed by atoms with van der Waals surface area (Å²) in [5.74, 6) is 1.09. The largest absolute Gasteiger partial charge is 0.314 e. The molecule has 0 bridgehead atoms. The summed E-state index contributed by atoms with van der Waals surface area (Å²) in [6.07, 6.45) is 2.11. The molecule has 2 atom stereocenters. The van der Waals surface area contributed by atoms with E-state index < -0.39 is 0 Å². The van der Waals surface area contributed by atoms with Gasteiger partial charge < -0.3 is 5.32 Å². The van der Waals surface area contributed by atoms with Gasteiger partial charge in [0, 0.05) is 37.8 Å². The summed E-state index contributed by atoms with van der Waals surface area (Å²) in [5.41, 5.74) is 3.58. The van der Waals surface area contributed by atoms with Crippen molar-refractivity contribution < 1.29 is 0 Å². The molecule has 5 nitrogen and oxygen atoms in total. The van der Waals surface area contributed by atoms with E-state index in [1.165, 1.54) is 5.56 Å². The third-order valence-electron chi connectivity index (χ3n) is 5.78. The fraction of sp³-hybridized carbons (Fsp3) is 0.364. The summed E-state index contributed by atoms with van der Waals surface area (Å²) in [6, 6.07) is 19.9. The number of piperazine rings is 1. The highest BCUT2D eigenvalue weighted by atomic mass is 32.2. The molecule has 1 saturated heterocycles. The normalized spacial score (nSPS) is 24.4. The molecule has 0 amide bonds. The molecule has 0 aliphatic carbocycles. The molecule has 28 heavy (non-hydrogen) atoms. The minimum absolute atomic E-state index is 0.332. The Hall–Kier alpha value is -2.15. The van der Waals surface area contributed by atoms with Crippen molar-refractivity contribution in [3.63, 3.8) is 0 Å². The lowest BCUT2D eigenvalue weighted by Gasteiger charge is -2.40. The maximum absolute atomic E-state index is 4.95. The summed E-state index contributed by atoms with van der Waals surface area (Å²) in [4.78, 5) is 14.9. The molecule has 3 heterocycles. The van der Waals surface area contributed by atoms with Crippen molar-refractivity contribution in [1.82, 2.24) is 15.1 Å². The Balaban J connectivity index is 1.41. The van der Waals surface area contributed by atoms with Crippen molar-refractivity contribution >= 4 is 28.5 Å². The predicted molar refractivity (Wildman–Crippen MR) is 118 cm³/mol. The zero-order chi connectivity index (χ0) is 18.9. The zero-order valence-electron chi connectivity index (χ0n) is 16.1. The van der Waals surface area contributed by atoms with E-state index in [1.807, 2.05) is 6.07 Å². The maximum atomic E-state index is 4.95. The molecular weight excluding hydrogens is 366 g/mol. The van der Waals surface area contributed by atoms with E-state index in [-0.39, 0.29) is 0 Å². The highest BCUT2D eigenvalue weighted by Gasteiger charge is 2.38. The van der Waals surface area contributed by atoms with E-state index in [1.54, 1.807) is 11.8 Å². The molecule has 2 unspecified atom stereocenters. The number of hydrogen-bond acceptors (Lipinski definition) is 6. The number of rotatable bonds is 3. The van der Waals surface area contributed by atoms with Gasteiger partial charge in [-0.3, -0.25) is 14.8 Å². The van der Waals surface area contributed by atoms with Crippen LogP contribution in [0.2, 0.25) is 0 Å². The maximum Gasteiger partial charge on any atom is 0.170 e. The average molecular weight is 392 g/mol. The molecule has 144 valence electrons. The Kier molecular flexibility index (Phi) is 4.93. The molecule has 1 fully saturated rings. The molecule has 1 N–H and O–H groups in total. The molecule has 0 spiro atoms. The molecular formula is C22H25N5S. The van der Waals surface area contributed by atoms with Gasteiger partial charge >= 0.3 is 0 Å². The first-order valence-electron chi connectivity index (χ1n) is 9.90. The van der Waals surface area contributed by atoms with Crippen LogP contribution < -0.4 is 5.32 Å². The second-order valence-corrected chi connectivity index (χ2v) is 8.20. The number of hydrogen-bond donors (Lipinski definition) is 1.